The predicted molar refractivity (Wildman–Crippen MR) is 74.5 cm³/mol. The van der Waals surface area contributed by atoms with Gasteiger partial charge in [-0.1, -0.05) is 6.92 Å². The minimum atomic E-state index is -2.92. The minimum Gasteiger partial charge on any atom is -0.354 e. The van der Waals surface area contributed by atoms with E-state index in [1.54, 1.807) is 0 Å². The Bertz CT molecular complexity index is 537. The molecule has 19 heavy (non-hydrogen) atoms. The molecule has 1 aromatic rings. The zero-order valence-electron chi connectivity index (χ0n) is 10.6. The molecule has 1 aliphatic rings. The highest BCUT2D eigenvalue weighted by Crippen LogP contribution is 2.16. The Morgan fingerprint density at radius 1 is 1.26 bits per heavy atom. The average Bonchev–Trinajstić information content (AvgIpc) is 2.35. The van der Waals surface area contributed by atoms with Crippen molar-refractivity contribution < 1.29 is 8.42 Å². The zero-order chi connectivity index (χ0) is 13.9. The first-order valence-electron chi connectivity index (χ1n) is 6.11. The van der Waals surface area contributed by atoms with E-state index in [-0.39, 0.29) is 16.8 Å². The van der Waals surface area contributed by atoms with Crippen molar-refractivity contribution in [2.45, 2.75) is 13.3 Å². The number of rotatable bonds is 4. The lowest BCUT2D eigenvalue weighted by Crippen LogP contribution is -2.41. The summed E-state index contributed by atoms with van der Waals surface area (Å²) in [6.45, 7) is 3.55. The lowest BCUT2D eigenvalue weighted by Gasteiger charge is -2.26. The summed E-state index contributed by atoms with van der Waals surface area (Å²) in [4.78, 5) is 14.1. The molecule has 0 unspecified atom stereocenters. The third-order valence-corrected chi connectivity index (χ3v) is 4.53. The van der Waals surface area contributed by atoms with E-state index in [0.29, 0.717) is 25.0 Å². The number of hydrogen-bond acceptors (Lipinski definition) is 7. The molecule has 0 saturated carbocycles. The fourth-order valence-corrected chi connectivity index (χ4v) is 3.07. The smallest absolute Gasteiger partial charge is 0.231 e. The van der Waals surface area contributed by atoms with Gasteiger partial charge in [0.15, 0.2) is 9.84 Å². The monoisotopic (exact) mass is 305 g/mol. The fraction of sp³-hybridized carbons (Fsp3) is 0.700. The van der Waals surface area contributed by atoms with E-state index < -0.39 is 9.84 Å². The summed E-state index contributed by atoms with van der Waals surface area (Å²) in [6, 6.07) is 0. The molecule has 1 N–H and O–H groups in total. The van der Waals surface area contributed by atoms with Gasteiger partial charge < -0.3 is 10.2 Å². The van der Waals surface area contributed by atoms with Gasteiger partial charge in [-0.05, 0) is 18.0 Å². The number of anilines is 2. The van der Waals surface area contributed by atoms with Crippen molar-refractivity contribution >= 4 is 33.3 Å². The first-order chi connectivity index (χ1) is 9.00. The van der Waals surface area contributed by atoms with E-state index in [4.69, 9.17) is 11.6 Å². The third-order valence-electron chi connectivity index (χ3n) is 2.76. The van der Waals surface area contributed by atoms with Crippen molar-refractivity contribution in [2.75, 3.05) is 41.4 Å². The van der Waals surface area contributed by atoms with Crippen LogP contribution >= 0.6 is 11.6 Å². The Morgan fingerprint density at radius 2 is 1.95 bits per heavy atom. The quantitative estimate of drug-likeness (QED) is 0.870. The molecular formula is C10H16ClN5O2S. The second kappa shape index (κ2) is 5.87. The number of hydrogen-bond donors (Lipinski definition) is 1. The molecule has 0 spiro atoms. The van der Waals surface area contributed by atoms with Crippen molar-refractivity contribution in [1.82, 2.24) is 15.0 Å². The molecule has 0 amide bonds. The summed E-state index contributed by atoms with van der Waals surface area (Å²) in [6.07, 6.45) is 0.945. The van der Waals surface area contributed by atoms with Crippen LogP contribution in [-0.2, 0) is 9.84 Å². The largest absolute Gasteiger partial charge is 0.354 e. The summed E-state index contributed by atoms with van der Waals surface area (Å²) < 4.78 is 22.8. The van der Waals surface area contributed by atoms with E-state index in [1.165, 1.54) is 0 Å². The van der Waals surface area contributed by atoms with Crippen LogP contribution in [0.25, 0.3) is 0 Å². The summed E-state index contributed by atoms with van der Waals surface area (Å²) in [7, 11) is -2.92. The highest BCUT2D eigenvalue weighted by Gasteiger charge is 2.24. The van der Waals surface area contributed by atoms with E-state index in [1.807, 2.05) is 11.8 Å². The van der Waals surface area contributed by atoms with Crippen LogP contribution in [0.1, 0.15) is 13.3 Å². The zero-order valence-corrected chi connectivity index (χ0v) is 12.2. The predicted octanol–water partition coefficient (Wildman–Crippen LogP) is 0.582. The molecule has 0 atom stereocenters. The lowest BCUT2D eigenvalue weighted by molar-refractivity contribution is 0.585. The molecule has 0 aromatic carbocycles. The van der Waals surface area contributed by atoms with Crippen LogP contribution in [0.3, 0.4) is 0 Å². The molecule has 1 aliphatic heterocycles. The minimum absolute atomic E-state index is 0.108. The second-order valence-electron chi connectivity index (χ2n) is 4.29. The maximum Gasteiger partial charge on any atom is 0.231 e. The number of nitrogens with zero attached hydrogens (tertiary/aromatic N) is 4. The topological polar surface area (TPSA) is 88.1 Å². The number of aromatic nitrogens is 3. The summed E-state index contributed by atoms with van der Waals surface area (Å²) in [5, 5.41) is 3.15. The van der Waals surface area contributed by atoms with Crippen LogP contribution in [0.2, 0.25) is 5.28 Å². The Balaban J connectivity index is 2.13. The molecule has 9 heteroatoms. The first-order valence-corrected chi connectivity index (χ1v) is 8.31. The molecule has 0 radical (unpaired) electrons. The Morgan fingerprint density at radius 3 is 2.58 bits per heavy atom. The highest BCUT2D eigenvalue weighted by molar-refractivity contribution is 7.91. The molecule has 7 nitrogen and oxygen atoms in total. The van der Waals surface area contributed by atoms with Gasteiger partial charge in [-0.25, -0.2) is 8.42 Å². The standard InChI is InChI=1S/C10H16ClN5O2S/c1-2-3-12-9-13-8(11)14-10(15-9)16-4-6-19(17,18)7-5-16/h2-7H2,1H3,(H,12,13,14,15). The number of halogens is 1. The number of sulfone groups is 1. The highest BCUT2D eigenvalue weighted by atomic mass is 35.5. The number of nitrogens with one attached hydrogen (secondary N) is 1. The third kappa shape index (κ3) is 3.90. The van der Waals surface area contributed by atoms with Crippen LogP contribution in [0.5, 0.6) is 0 Å². The van der Waals surface area contributed by atoms with Gasteiger partial charge in [0.05, 0.1) is 11.5 Å². The molecular weight excluding hydrogens is 290 g/mol. The van der Waals surface area contributed by atoms with Crippen molar-refractivity contribution in [3.8, 4) is 0 Å². The normalized spacial score (nSPS) is 18.3. The summed E-state index contributed by atoms with van der Waals surface area (Å²) in [5.41, 5.74) is 0. The van der Waals surface area contributed by atoms with Gasteiger partial charge in [-0.15, -0.1) is 0 Å². The molecule has 1 saturated heterocycles. The van der Waals surface area contributed by atoms with Crippen molar-refractivity contribution in [1.29, 1.82) is 0 Å². The lowest BCUT2D eigenvalue weighted by atomic mass is 10.5. The molecule has 2 heterocycles. The Kier molecular flexibility index (Phi) is 4.41. The second-order valence-corrected chi connectivity index (χ2v) is 6.94. The molecule has 2 rings (SSSR count). The van der Waals surface area contributed by atoms with Crippen molar-refractivity contribution in [3.63, 3.8) is 0 Å². The summed E-state index contributed by atoms with van der Waals surface area (Å²) >= 11 is 5.86. The fourth-order valence-electron chi connectivity index (χ4n) is 1.71. The van der Waals surface area contributed by atoms with Gasteiger partial charge in [-0.3, -0.25) is 0 Å². The van der Waals surface area contributed by atoms with Gasteiger partial charge in [0.2, 0.25) is 17.2 Å². The van der Waals surface area contributed by atoms with Crippen LogP contribution in [0, 0.1) is 0 Å². The van der Waals surface area contributed by atoms with Gasteiger partial charge >= 0.3 is 0 Å². The first kappa shape index (κ1) is 14.3. The average molecular weight is 306 g/mol. The van der Waals surface area contributed by atoms with Gasteiger partial charge in [-0.2, -0.15) is 15.0 Å². The van der Waals surface area contributed by atoms with Crippen LogP contribution in [0.4, 0.5) is 11.9 Å². The van der Waals surface area contributed by atoms with Crippen LogP contribution in [-0.4, -0.2) is 54.5 Å². The van der Waals surface area contributed by atoms with Gasteiger partial charge in [0.1, 0.15) is 0 Å². The maximum atomic E-state index is 11.4. The molecule has 1 aromatic heterocycles. The SMILES string of the molecule is CCCNc1nc(Cl)nc(N2CCS(=O)(=O)CC2)n1. The van der Waals surface area contributed by atoms with E-state index >= 15 is 0 Å². The molecule has 106 valence electrons. The van der Waals surface area contributed by atoms with E-state index in [0.717, 1.165) is 13.0 Å². The van der Waals surface area contributed by atoms with Crippen LogP contribution < -0.4 is 10.2 Å². The Hall–Kier alpha value is -1.15. The van der Waals surface area contributed by atoms with Crippen molar-refractivity contribution in [3.05, 3.63) is 5.28 Å². The van der Waals surface area contributed by atoms with E-state index in [2.05, 4.69) is 20.3 Å². The van der Waals surface area contributed by atoms with E-state index in [9.17, 15) is 8.42 Å². The van der Waals surface area contributed by atoms with Gasteiger partial charge in [0.25, 0.3) is 0 Å². The van der Waals surface area contributed by atoms with Crippen LogP contribution in [0.15, 0.2) is 0 Å². The maximum absolute atomic E-state index is 11.4. The molecule has 1 fully saturated rings. The van der Waals surface area contributed by atoms with Crippen molar-refractivity contribution in [2.24, 2.45) is 0 Å². The molecule has 0 bridgehead atoms. The Labute approximate surface area is 117 Å². The summed E-state index contributed by atoms with van der Waals surface area (Å²) in [5.74, 6) is 1.08. The molecule has 0 aliphatic carbocycles. The van der Waals surface area contributed by atoms with Gasteiger partial charge in [0, 0.05) is 19.6 Å².